The van der Waals surface area contributed by atoms with E-state index in [0.717, 1.165) is 16.2 Å². The fourth-order valence-corrected chi connectivity index (χ4v) is 3.64. The van der Waals surface area contributed by atoms with Gasteiger partial charge in [0, 0.05) is 24.5 Å². The van der Waals surface area contributed by atoms with Crippen LogP contribution in [0, 0.1) is 5.92 Å². The van der Waals surface area contributed by atoms with E-state index in [1.165, 1.54) is 0 Å². The number of hydrogen-bond donors (Lipinski definition) is 2. The molecular formula is C18H26N2O4S. The van der Waals surface area contributed by atoms with Gasteiger partial charge in [0.1, 0.15) is 5.75 Å². The first kappa shape index (κ1) is 19.4. The Morgan fingerprint density at radius 2 is 2.00 bits per heavy atom. The molecule has 0 unspecified atom stereocenters. The zero-order valence-corrected chi connectivity index (χ0v) is 15.8. The lowest BCUT2D eigenvalue weighted by Crippen LogP contribution is -2.44. The predicted octanol–water partition coefficient (Wildman–Crippen LogP) is 3.20. The standard InChI is InChI=1S/C18H26N2O4S/c1-20(11-12-4-9-16(25-3)15(10-12)24-2)18(23)19-14-7-5-13(6-8-14)17(21)22/h4,9-10,13-14H,5-8,11H2,1-3H3,(H,19,23)(H,21,22). The second-order valence-electron chi connectivity index (χ2n) is 6.38. The summed E-state index contributed by atoms with van der Waals surface area (Å²) in [7, 11) is 3.40. The lowest BCUT2D eigenvalue weighted by molar-refractivity contribution is -0.142. The van der Waals surface area contributed by atoms with E-state index in [1.54, 1.807) is 30.8 Å². The van der Waals surface area contributed by atoms with Crippen molar-refractivity contribution >= 4 is 23.8 Å². The number of nitrogens with one attached hydrogen (secondary N) is 1. The molecule has 7 heteroatoms. The molecule has 1 aromatic carbocycles. The molecule has 0 spiro atoms. The number of rotatable bonds is 6. The van der Waals surface area contributed by atoms with Crippen molar-refractivity contribution in [3.05, 3.63) is 23.8 Å². The molecule has 2 amide bonds. The summed E-state index contributed by atoms with van der Waals surface area (Å²) >= 11 is 1.62. The number of carbonyl (C=O) groups is 2. The van der Waals surface area contributed by atoms with Crippen LogP contribution in [0.1, 0.15) is 31.2 Å². The molecule has 0 heterocycles. The average Bonchev–Trinajstić information content (AvgIpc) is 2.61. The van der Waals surface area contributed by atoms with Gasteiger partial charge in [-0.2, -0.15) is 0 Å². The van der Waals surface area contributed by atoms with E-state index in [-0.39, 0.29) is 18.0 Å². The number of carbonyl (C=O) groups excluding carboxylic acids is 1. The van der Waals surface area contributed by atoms with E-state index >= 15 is 0 Å². The molecule has 0 aromatic heterocycles. The summed E-state index contributed by atoms with van der Waals surface area (Å²) in [6, 6.07) is 5.87. The zero-order valence-electron chi connectivity index (χ0n) is 14.9. The molecule has 0 saturated heterocycles. The quantitative estimate of drug-likeness (QED) is 0.756. The Labute approximate surface area is 152 Å². The van der Waals surface area contributed by atoms with E-state index in [1.807, 2.05) is 24.5 Å². The SMILES string of the molecule is COc1cc(CN(C)C(=O)NC2CCC(C(=O)O)CC2)ccc1SC. The van der Waals surface area contributed by atoms with Crippen molar-refractivity contribution in [1.82, 2.24) is 10.2 Å². The third-order valence-corrected chi connectivity index (χ3v) is 5.40. The fraction of sp³-hybridized carbons (Fsp3) is 0.556. The number of carboxylic acid groups (broad SMARTS) is 1. The minimum Gasteiger partial charge on any atom is -0.496 e. The van der Waals surface area contributed by atoms with Crippen LogP contribution in [0.4, 0.5) is 4.79 Å². The summed E-state index contributed by atoms with van der Waals surface area (Å²) in [6.45, 7) is 0.487. The van der Waals surface area contributed by atoms with Gasteiger partial charge in [-0.3, -0.25) is 4.79 Å². The molecule has 138 valence electrons. The topological polar surface area (TPSA) is 78.9 Å². The van der Waals surface area contributed by atoms with Crippen molar-refractivity contribution in [2.24, 2.45) is 5.92 Å². The summed E-state index contributed by atoms with van der Waals surface area (Å²) < 4.78 is 5.38. The van der Waals surface area contributed by atoms with Crippen molar-refractivity contribution < 1.29 is 19.4 Å². The largest absolute Gasteiger partial charge is 0.496 e. The van der Waals surface area contributed by atoms with Gasteiger partial charge in [0.05, 0.1) is 13.0 Å². The second-order valence-corrected chi connectivity index (χ2v) is 7.23. The van der Waals surface area contributed by atoms with Gasteiger partial charge in [-0.15, -0.1) is 11.8 Å². The van der Waals surface area contributed by atoms with Gasteiger partial charge in [0.15, 0.2) is 0 Å². The summed E-state index contributed by atoms with van der Waals surface area (Å²) in [5.41, 5.74) is 1.00. The Kier molecular flexibility index (Phi) is 6.99. The van der Waals surface area contributed by atoms with Crippen LogP contribution in [0.25, 0.3) is 0 Å². The van der Waals surface area contributed by atoms with Crippen molar-refractivity contribution in [3.8, 4) is 5.75 Å². The summed E-state index contributed by atoms with van der Waals surface area (Å²) in [5.74, 6) is -0.191. The maximum absolute atomic E-state index is 12.4. The third-order valence-electron chi connectivity index (χ3n) is 4.62. The Morgan fingerprint density at radius 3 is 2.56 bits per heavy atom. The lowest BCUT2D eigenvalue weighted by Gasteiger charge is -2.29. The van der Waals surface area contributed by atoms with Crippen molar-refractivity contribution in [3.63, 3.8) is 0 Å². The van der Waals surface area contributed by atoms with Crippen LogP contribution in [0.5, 0.6) is 5.75 Å². The van der Waals surface area contributed by atoms with E-state index in [0.29, 0.717) is 32.2 Å². The van der Waals surface area contributed by atoms with Crippen LogP contribution in [0.3, 0.4) is 0 Å². The van der Waals surface area contributed by atoms with E-state index in [9.17, 15) is 9.59 Å². The van der Waals surface area contributed by atoms with Gasteiger partial charge in [-0.25, -0.2) is 4.79 Å². The van der Waals surface area contributed by atoms with Gasteiger partial charge >= 0.3 is 12.0 Å². The Hall–Kier alpha value is -1.89. The number of urea groups is 1. The normalized spacial score (nSPS) is 20.0. The van der Waals surface area contributed by atoms with Crippen molar-refractivity contribution in [2.75, 3.05) is 20.4 Å². The minimum absolute atomic E-state index is 0.0546. The number of hydrogen-bond acceptors (Lipinski definition) is 4. The van der Waals surface area contributed by atoms with Gasteiger partial charge in [-0.1, -0.05) is 6.07 Å². The summed E-state index contributed by atoms with van der Waals surface area (Å²) in [5, 5.41) is 12.0. The smallest absolute Gasteiger partial charge is 0.317 e. The van der Waals surface area contributed by atoms with E-state index in [2.05, 4.69) is 5.32 Å². The van der Waals surface area contributed by atoms with Gasteiger partial charge in [0.25, 0.3) is 0 Å². The molecule has 0 aliphatic heterocycles. The molecule has 1 aliphatic carbocycles. The Balaban J connectivity index is 1.87. The Morgan fingerprint density at radius 1 is 1.32 bits per heavy atom. The van der Waals surface area contributed by atoms with Crippen molar-refractivity contribution in [1.29, 1.82) is 0 Å². The molecule has 2 rings (SSSR count). The predicted molar refractivity (Wildman–Crippen MR) is 98.2 cm³/mol. The summed E-state index contributed by atoms with van der Waals surface area (Å²) in [4.78, 5) is 26.1. The van der Waals surface area contributed by atoms with Gasteiger partial charge in [0.2, 0.25) is 0 Å². The fourth-order valence-electron chi connectivity index (χ4n) is 3.09. The molecule has 1 aromatic rings. The first-order valence-electron chi connectivity index (χ1n) is 8.40. The third kappa shape index (κ3) is 5.29. The number of thioether (sulfide) groups is 1. The number of nitrogens with zero attached hydrogens (tertiary/aromatic N) is 1. The molecule has 1 aliphatic rings. The molecule has 2 N–H and O–H groups in total. The number of methoxy groups -OCH3 is 1. The molecule has 0 radical (unpaired) electrons. The molecule has 0 atom stereocenters. The molecule has 25 heavy (non-hydrogen) atoms. The van der Waals surface area contributed by atoms with Crippen molar-refractivity contribution in [2.45, 2.75) is 43.2 Å². The number of benzene rings is 1. The van der Waals surface area contributed by atoms with Crippen LogP contribution in [0.15, 0.2) is 23.1 Å². The van der Waals surface area contributed by atoms with Crippen LogP contribution in [-0.4, -0.2) is 48.5 Å². The van der Waals surface area contributed by atoms with Crippen LogP contribution in [-0.2, 0) is 11.3 Å². The molecule has 0 bridgehead atoms. The highest BCUT2D eigenvalue weighted by molar-refractivity contribution is 7.98. The first-order valence-corrected chi connectivity index (χ1v) is 9.62. The average molecular weight is 366 g/mol. The zero-order chi connectivity index (χ0) is 18.4. The highest BCUT2D eigenvalue weighted by Gasteiger charge is 2.27. The van der Waals surface area contributed by atoms with Gasteiger partial charge in [-0.05, 0) is 49.6 Å². The number of carboxylic acids is 1. The van der Waals surface area contributed by atoms with E-state index in [4.69, 9.17) is 9.84 Å². The highest BCUT2D eigenvalue weighted by Crippen LogP contribution is 2.29. The minimum atomic E-state index is -0.732. The number of aliphatic carboxylic acids is 1. The van der Waals surface area contributed by atoms with Crippen LogP contribution in [0.2, 0.25) is 0 Å². The molecular weight excluding hydrogens is 340 g/mol. The highest BCUT2D eigenvalue weighted by atomic mass is 32.2. The second kappa shape index (κ2) is 8.99. The molecule has 1 fully saturated rings. The lowest BCUT2D eigenvalue weighted by atomic mass is 9.86. The first-order chi connectivity index (χ1) is 11.9. The molecule has 6 nitrogen and oxygen atoms in total. The maximum Gasteiger partial charge on any atom is 0.317 e. The van der Waals surface area contributed by atoms with Gasteiger partial charge < -0.3 is 20.1 Å². The maximum atomic E-state index is 12.4. The number of amides is 2. The van der Waals surface area contributed by atoms with Crippen LogP contribution < -0.4 is 10.1 Å². The van der Waals surface area contributed by atoms with Crippen LogP contribution >= 0.6 is 11.8 Å². The Bertz CT molecular complexity index is 615. The number of ether oxygens (including phenoxy) is 1. The van der Waals surface area contributed by atoms with E-state index < -0.39 is 5.97 Å². The monoisotopic (exact) mass is 366 g/mol. The summed E-state index contributed by atoms with van der Waals surface area (Å²) in [6.07, 6.45) is 4.67. The molecule has 1 saturated carbocycles.